The molecule has 0 aromatic carbocycles. The largest absolute Gasteiger partial charge is 0.391 e. The van der Waals surface area contributed by atoms with Gasteiger partial charge in [0.15, 0.2) is 5.82 Å². The van der Waals surface area contributed by atoms with Crippen LogP contribution in [0.4, 0.5) is 0 Å². The molecule has 1 aromatic rings. The van der Waals surface area contributed by atoms with Gasteiger partial charge in [0.05, 0.1) is 6.10 Å². The van der Waals surface area contributed by atoms with Crippen molar-refractivity contribution in [1.82, 2.24) is 15.0 Å². The molecule has 0 radical (unpaired) electrons. The second-order valence-corrected chi connectivity index (χ2v) is 6.40. The lowest BCUT2D eigenvalue weighted by atomic mass is 9.96. The summed E-state index contributed by atoms with van der Waals surface area (Å²) in [7, 11) is 0. The maximum Gasteiger partial charge on any atom is 0.226 e. The number of likely N-dealkylation sites (tertiary alicyclic amines) is 1. The first kappa shape index (κ1) is 15.0. The summed E-state index contributed by atoms with van der Waals surface area (Å²) in [5.74, 6) is 1.38. The number of carbonyl (C=O) groups is 1. The summed E-state index contributed by atoms with van der Waals surface area (Å²) in [4.78, 5) is 18.0. The summed E-state index contributed by atoms with van der Waals surface area (Å²) >= 11 is 0. The predicted molar refractivity (Wildman–Crippen MR) is 73.1 cm³/mol. The summed E-state index contributed by atoms with van der Waals surface area (Å²) < 4.78 is 5.19. The Morgan fingerprint density at radius 2 is 2.25 bits per heavy atom. The number of hydrogen-bond acceptors (Lipinski definition) is 5. The Hall–Kier alpha value is -1.43. The third kappa shape index (κ3) is 3.79. The molecule has 1 amide bonds. The lowest BCUT2D eigenvalue weighted by molar-refractivity contribution is -0.130. The highest BCUT2D eigenvalue weighted by Gasteiger charge is 2.24. The highest BCUT2D eigenvalue weighted by molar-refractivity contribution is 5.76. The zero-order valence-electron chi connectivity index (χ0n) is 12.4. The molecule has 6 heteroatoms. The quantitative estimate of drug-likeness (QED) is 0.899. The molecule has 0 bridgehead atoms. The first-order valence-corrected chi connectivity index (χ1v) is 7.15. The van der Waals surface area contributed by atoms with Crippen molar-refractivity contribution in [2.75, 3.05) is 13.1 Å². The Morgan fingerprint density at radius 3 is 2.80 bits per heavy atom. The molecule has 2 rings (SSSR count). The molecular formula is C14H23N3O3. The van der Waals surface area contributed by atoms with E-state index in [-0.39, 0.29) is 17.4 Å². The van der Waals surface area contributed by atoms with Crippen LogP contribution in [0.15, 0.2) is 4.52 Å². The third-order valence-corrected chi connectivity index (χ3v) is 3.44. The van der Waals surface area contributed by atoms with E-state index >= 15 is 0 Å². The molecule has 112 valence electrons. The molecule has 6 nitrogen and oxygen atoms in total. The Bertz CT molecular complexity index is 464. The van der Waals surface area contributed by atoms with Crippen LogP contribution in [-0.2, 0) is 16.6 Å². The lowest BCUT2D eigenvalue weighted by Crippen LogP contribution is -2.29. The SMILES string of the molecule is CC(C)(C)c1noc(CCCC(=O)N2CC[C@H](O)C2)n1. The second kappa shape index (κ2) is 5.91. The normalized spacial score (nSPS) is 19.6. The van der Waals surface area contributed by atoms with Crippen molar-refractivity contribution in [1.29, 1.82) is 0 Å². The Kier molecular flexibility index (Phi) is 4.42. The summed E-state index contributed by atoms with van der Waals surface area (Å²) in [5, 5.41) is 13.4. The molecular weight excluding hydrogens is 258 g/mol. The van der Waals surface area contributed by atoms with Gasteiger partial charge in [0.1, 0.15) is 0 Å². The van der Waals surface area contributed by atoms with Gasteiger partial charge >= 0.3 is 0 Å². The van der Waals surface area contributed by atoms with Crippen LogP contribution < -0.4 is 0 Å². The van der Waals surface area contributed by atoms with Crippen LogP contribution in [0.5, 0.6) is 0 Å². The molecule has 20 heavy (non-hydrogen) atoms. The Labute approximate surface area is 119 Å². The van der Waals surface area contributed by atoms with Crippen molar-refractivity contribution in [3.63, 3.8) is 0 Å². The van der Waals surface area contributed by atoms with Gasteiger partial charge in [0.25, 0.3) is 0 Å². The van der Waals surface area contributed by atoms with E-state index in [2.05, 4.69) is 10.1 Å². The number of hydrogen-bond donors (Lipinski definition) is 1. The van der Waals surface area contributed by atoms with Crippen molar-refractivity contribution < 1.29 is 14.4 Å². The van der Waals surface area contributed by atoms with Crippen molar-refractivity contribution in [2.24, 2.45) is 0 Å². The van der Waals surface area contributed by atoms with Crippen molar-refractivity contribution in [3.8, 4) is 0 Å². The molecule has 0 aliphatic carbocycles. The number of aromatic nitrogens is 2. The standard InChI is InChI=1S/C14H23N3O3/c1-14(2,3)13-15-11(20-16-13)5-4-6-12(19)17-8-7-10(18)9-17/h10,18H,4-9H2,1-3H3/t10-/m0/s1. The third-order valence-electron chi connectivity index (χ3n) is 3.44. The van der Waals surface area contributed by atoms with Crippen LogP contribution >= 0.6 is 0 Å². The molecule has 1 aliphatic rings. The maximum atomic E-state index is 11.9. The monoisotopic (exact) mass is 281 g/mol. The zero-order valence-corrected chi connectivity index (χ0v) is 12.4. The zero-order chi connectivity index (χ0) is 14.8. The number of amides is 1. The fourth-order valence-corrected chi connectivity index (χ4v) is 2.18. The van der Waals surface area contributed by atoms with Gasteiger partial charge < -0.3 is 14.5 Å². The van der Waals surface area contributed by atoms with E-state index in [0.29, 0.717) is 50.5 Å². The molecule has 2 heterocycles. The van der Waals surface area contributed by atoms with E-state index in [1.54, 1.807) is 4.90 Å². The van der Waals surface area contributed by atoms with Crippen molar-refractivity contribution in [3.05, 3.63) is 11.7 Å². The molecule has 1 aromatic heterocycles. The fraction of sp³-hybridized carbons (Fsp3) is 0.786. The number of rotatable bonds is 4. The van der Waals surface area contributed by atoms with E-state index in [9.17, 15) is 9.90 Å². The smallest absolute Gasteiger partial charge is 0.226 e. The predicted octanol–water partition coefficient (Wildman–Crippen LogP) is 1.28. The molecule has 1 aliphatic heterocycles. The number of nitrogens with zero attached hydrogens (tertiary/aromatic N) is 3. The lowest BCUT2D eigenvalue weighted by Gasteiger charge is -2.14. The maximum absolute atomic E-state index is 11.9. The number of aliphatic hydroxyl groups is 1. The van der Waals surface area contributed by atoms with Gasteiger partial charge in [-0.05, 0) is 12.8 Å². The average Bonchev–Trinajstić information content (AvgIpc) is 2.97. The van der Waals surface area contributed by atoms with Crippen LogP contribution in [-0.4, -0.2) is 45.2 Å². The minimum absolute atomic E-state index is 0.0945. The molecule has 1 N–H and O–H groups in total. The van der Waals surface area contributed by atoms with Gasteiger partial charge in [0, 0.05) is 31.3 Å². The van der Waals surface area contributed by atoms with E-state index in [1.807, 2.05) is 20.8 Å². The van der Waals surface area contributed by atoms with Crippen LogP contribution in [0.3, 0.4) is 0 Å². The molecule has 1 fully saturated rings. The number of aliphatic hydroxyl groups excluding tert-OH is 1. The van der Waals surface area contributed by atoms with E-state index in [1.165, 1.54) is 0 Å². The van der Waals surface area contributed by atoms with Crippen LogP contribution in [0.1, 0.15) is 51.7 Å². The first-order chi connectivity index (χ1) is 9.36. The second-order valence-electron chi connectivity index (χ2n) is 6.40. The molecule has 1 saturated heterocycles. The van der Waals surface area contributed by atoms with Crippen molar-refractivity contribution in [2.45, 2.75) is 58.0 Å². The molecule has 0 unspecified atom stereocenters. The minimum atomic E-state index is -0.357. The van der Waals surface area contributed by atoms with Gasteiger partial charge in [-0.2, -0.15) is 4.98 Å². The van der Waals surface area contributed by atoms with Crippen molar-refractivity contribution >= 4 is 5.91 Å². The molecule has 0 spiro atoms. The summed E-state index contributed by atoms with van der Waals surface area (Å²) in [6, 6.07) is 0. The Balaban J connectivity index is 1.76. The van der Waals surface area contributed by atoms with Gasteiger partial charge in [-0.1, -0.05) is 25.9 Å². The van der Waals surface area contributed by atoms with Crippen LogP contribution in [0, 0.1) is 0 Å². The minimum Gasteiger partial charge on any atom is -0.391 e. The van der Waals surface area contributed by atoms with Gasteiger partial charge in [0.2, 0.25) is 11.8 Å². The number of β-amino-alcohol motifs (C(OH)–C–C–N with tert-alkyl or cyclic N) is 1. The van der Waals surface area contributed by atoms with E-state index in [4.69, 9.17) is 4.52 Å². The van der Waals surface area contributed by atoms with Gasteiger partial charge in [-0.15, -0.1) is 0 Å². The van der Waals surface area contributed by atoms with Crippen LogP contribution in [0.2, 0.25) is 0 Å². The summed E-state index contributed by atoms with van der Waals surface area (Å²) in [6.07, 6.45) is 2.09. The highest BCUT2D eigenvalue weighted by atomic mass is 16.5. The average molecular weight is 281 g/mol. The van der Waals surface area contributed by atoms with Crippen LogP contribution in [0.25, 0.3) is 0 Å². The van der Waals surface area contributed by atoms with Gasteiger partial charge in [-0.25, -0.2) is 0 Å². The number of carbonyl (C=O) groups excluding carboxylic acids is 1. The van der Waals surface area contributed by atoms with E-state index < -0.39 is 0 Å². The first-order valence-electron chi connectivity index (χ1n) is 7.15. The fourth-order valence-electron chi connectivity index (χ4n) is 2.18. The van der Waals surface area contributed by atoms with Gasteiger partial charge in [-0.3, -0.25) is 4.79 Å². The Morgan fingerprint density at radius 1 is 1.50 bits per heavy atom. The van der Waals surface area contributed by atoms with E-state index in [0.717, 1.165) is 0 Å². The highest BCUT2D eigenvalue weighted by Crippen LogP contribution is 2.19. The topological polar surface area (TPSA) is 79.5 Å². The molecule has 0 saturated carbocycles. The molecule has 1 atom stereocenters. The summed E-state index contributed by atoms with van der Waals surface area (Å²) in [6.45, 7) is 7.22. The summed E-state index contributed by atoms with van der Waals surface area (Å²) in [5.41, 5.74) is -0.122. The number of aryl methyl sites for hydroxylation is 1.